The fraction of sp³-hybridized carbons (Fsp3) is 0.273. The standard InChI is InChI=1S/C22H25NO3Si/c1-22(2,3)27(4,5)26-20-9-7-6-8-18(20)12-15-21(24)25-19-13-10-17(16-23)11-14-19/h6-15H,1-5H3/b15-12+. The lowest BCUT2D eigenvalue weighted by Gasteiger charge is -2.36. The Kier molecular flexibility index (Phi) is 6.24. The predicted octanol–water partition coefficient (Wildman–Crippen LogP) is 5.56. The smallest absolute Gasteiger partial charge is 0.336 e. The molecule has 0 saturated carbocycles. The summed E-state index contributed by atoms with van der Waals surface area (Å²) < 4.78 is 11.6. The van der Waals surface area contributed by atoms with Gasteiger partial charge >= 0.3 is 5.97 Å². The molecule has 2 aromatic rings. The van der Waals surface area contributed by atoms with Crippen molar-refractivity contribution < 1.29 is 14.0 Å². The zero-order valence-electron chi connectivity index (χ0n) is 16.4. The Balaban J connectivity index is 2.12. The molecular weight excluding hydrogens is 354 g/mol. The molecule has 27 heavy (non-hydrogen) atoms. The molecule has 0 fully saturated rings. The molecule has 2 aromatic carbocycles. The van der Waals surface area contributed by atoms with Crippen molar-refractivity contribution in [2.75, 3.05) is 0 Å². The molecule has 0 saturated heterocycles. The molecule has 0 aliphatic heterocycles. The van der Waals surface area contributed by atoms with Gasteiger partial charge in [0.15, 0.2) is 0 Å². The van der Waals surface area contributed by atoms with Crippen LogP contribution in [0.25, 0.3) is 6.08 Å². The largest absolute Gasteiger partial charge is 0.543 e. The Labute approximate surface area is 162 Å². The van der Waals surface area contributed by atoms with Crippen molar-refractivity contribution in [2.24, 2.45) is 0 Å². The molecule has 4 nitrogen and oxygen atoms in total. The third-order valence-electron chi connectivity index (χ3n) is 4.69. The van der Waals surface area contributed by atoms with Crippen LogP contribution in [0, 0.1) is 11.3 Å². The summed E-state index contributed by atoms with van der Waals surface area (Å²) in [5.74, 6) is 0.683. The average Bonchev–Trinajstić information content (AvgIpc) is 2.60. The predicted molar refractivity (Wildman–Crippen MR) is 110 cm³/mol. The summed E-state index contributed by atoms with van der Waals surface area (Å²) >= 11 is 0. The molecule has 2 rings (SSSR count). The summed E-state index contributed by atoms with van der Waals surface area (Å²) in [6.45, 7) is 10.9. The van der Waals surface area contributed by atoms with Gasteiger partial charge in [-0.25, -0.2) is 4.79 Å². The molecule has 0 atom stereocenters. The molecule has 0 aliphatic carbocycles. The highest BCUT2D eigenvalue weighted by Crippen LogP contribution is 2.38. The number of ether oxygens (including phenoxy) is 1. The average molecular weight is 380 g/mol. The van der Waals surface area contributed by atoms with E-state index in [9.17, 15) is 4.79 Å². The van der Waals surface area contributed by atoms with E-state index in [1.807, 2.05) is 30.3 Å². The highest BCUT2D eigenvalue weighted by molar-refractivity contribution is 6.74. The van der Waals surface area contributed by atoms with Crippen molar-refractivity contribution in [2.45, 2.75) is 38.9 Å². The number of hydrogen-bond donors (Lipinski definition) is 0. The van der Waals surface area contributed by atoms with Gasteiger partial charge in [0, 0.05) is 11.6 Å². The summed E-state index contributed by atoms with van der Waals surface area (Å²) in [6.07, 6.45) is 3.08. The lowest BCUT2D eigenvalue weighted by molar-refractivity contribution is -0.128. The number of para-hydroxylation sites is 1. The fourth-order valence-corrected chi connectivity index (χ4v) is 3.09. The first-order valence-electron chi connectivity index (χ1n) is 8.80. The summed E-state index contributed by atoms with van der Waals surface area (Å²) in [4.78, 5) is 12.1. The number of rotatable bonds is 5. The number of nitriles is 1. The summed E-state index contributed by atoms with van der Waals surface area (Å²) in [5.41, 5.74) is 1.35. The van der Waals surface area contributed by atoms with Crippen LogP contribution in [0.5, 0.6) is 11.5 Å². The molecule has 5 heteroatoms. The minimum absolute atomic E-state index is 0.0817. The first-order valence-corrected chi connectivity index (χ1v) is 11.7. The maximum Gasteiger partial charge on any atom is 0.336 e. The van der Waals surface area contributed by atoms with Crippen LogP contribution in [0.3, 0.4) is 0 Å². The second-order valence-corrected chi connectivity index (χ2v) is 12.5. The van der Waals surface area contributed by atoms with E-state index in [0.29, 0.717) is 11.3 Å². The molecule has 0 amide bonds. The van der Waals surface area contributed by atoms with E-state index in [0.717, 1.165) is 11.3 Å². The van der Waals surface area contributed by atoms with Crippen LogP contribution in [0.4, 0.5) is 0 Å². The van der Waals surface area contributed by atoms with Crippen LogP contribution in [0.2, 0.25) is 18.1 Å². The third-order valence-corrected chi connectivity index (χ3v) is 9.03. The van der Waals surface area contributed by atoms with Crippen molar-refractivity contribution in [3.05, 3.63) is 65.7 Å². The van der Waals surface area contributed by atoms with E-state index in [1.165, 1.54) is 6.08 Å². The van der Waals surface area contributed by atoms with E-state index in [2.05, 4.69) is 33.9 Å². The Morgan fingerprint density at radius 1 is 1.07 bits per heavy atom. The van der Waals surface area contributed by atoms with Crippen molar-refractivity contribution >= 4 is 20.4 Å². The maximum absolute atomic E-state index is 12.1. The molecule has 0 spiro atoms. The summed E-state index contributed by atoms with van der Waals surface area (Å²) in [5, 5.41) is 8.88. The molecule has 140 valence electrons. The van der Waals surface area contributed by atoms with Crippen LogP contribution >= 0.6 is 0 Å². The number of carbonyl (C=O) groups is 1. The van der Waals surface area contributed by atoms with Crippen molar-refractivity contribution in [3.8, 4) is 17.6 Å². The molecule has 0 bridgehead atoms. The SMILES string of the molecule is CC(C)(C)[Si](C)(C)Oc1ccccc1/C=C/C(=O)Oc1ccc(C#N)cc1. The van der Waals surface area contributed by atoms with Gasteiger partial charge < -0.3 is 9.16 Å². The Morgan fingerprint density at radius 3 is 2.30 bits per heavy atom. The van der Waals surface area contributed by atoms with Gasteiger partial charge in [0.1, 0.15) is 11.5 Å². The maximum atomic E-state index is 12.1. The Hall–Kier alpha value is -2.84. The lowest BCUT2D eigenvalue weighted by Crippen LogP contribution is -2.44. The van der Waals surface area contributed by atoms with Crippen molar-refractivity contribution in [1.29, 1.82) is 5.26 Å². The molecule has 0 N–H and O–H groups in total. The molecule has 0 unspecified atom stereocenters. The molecule has 0 heterocycles. The fourth-order valence-electron chi connectivity index (χ4n) is 2.04. The van der Waals surface area contributed by atoms with Crippen LogP contribution in [0.15, 0.2) is 54.6 Å². The van der Waals surface area contributed by atoms with Gasteiger partial charge in [0.2, 0.25) is 0 Å². The van der Waals surface area contributed by atoms with E-state index < -0.39 is 14.3 Å². The molecule has 0 aromatic heterocycles. The van der Waals surface area contributed by atoms with E-state index >= 15 is 0 Å². The minimum Gasteiger partial charge on any atom is -0.543 e. The van der Waals surface area contributed by atoms with Gasteiger partial charge in [-0.3, -0.25) is 0 Å². The summed E-state index contributed by atoms with van der Waals surface area (Å²) in [6, 6.07) is 16.1. The number of hydrogen-bond acceptors (Lipinski definition) is 4. The van der Waals surface area contributed by atoms with Gasteiger partial charge in [0.25, 0.3) is 8.32 Å². The highest BCUT2D eigenvalue weighted by Gasteiger charge is 2.39. The quantitative estimate of drug-likeness (QED) is 0.295. The zero-order valence-corrected chi connectivity index (χ0v) is 17.4. The first kappa shape index (κ1) is 20.5. The van der Waals surface area contributed by atoms with Crippen LogP contribution in [-0.2, 0) is 4.79 Å². The molecule has 0 aliphatic rings. The van der Waals surface area contributed by atoms with Crippen molar-refractivity contribution in [1.82, 2.24) is 0 Å². The minimum atomic E-state index is -1.98. The highest BCUT2D eigenvalue weighted by atomic mass is 28.4. The van der Waals surface area contributed by atoms with Crippen LogP contribution in [-0.4, -0.2) is 14.3 Å². The van der Waals surface area contributed by atoms with Gasteiger partial charge in [-0.1, -0.05) is 39.0 Å². The van der Waals surface area contributed by atoms with Gasteiger partial charge in [-0.15, -0.1) is 0 Å². The third kappa shape index (κ3) is 5.57. The zero-order chi connectivity index (χ0) is 20.1. The van der Waals surface area contributed by atoms with Gasteiger partial charge in [-0.05, 0) is 54.5 Å². The van der Waals surface area contributed by atoms with Crippen LogP contribution < -0.4 is 9.16 Å². The number of esters is 1. The van der Waals surface area contributed by atoms with Crippen LogP contribution in [0.1, 0.15) is 31.9 Å². The number of nitrogens with zero attached hydrogens (tertiary/aromatic N) is 1. The molecular formula is C22H25NO3Si. The normalized spacial score (nSPS) is 11.9. The van der Waals surface area contributed by atoms with E-state index in [1.54, 1.807) is 30.3 Å². The second-order valence-electron chi connectivity index (χ2n) is 7.79. The first-order chi connectivity index (χ1) is 12.6. The van der Waals surface area contributed by atoms with Gasteiger partial charge in [0.05, 0.1) is 11.6 Å². The van der Waals surface area contributed by atoms with E-state index in [-0.39, 0.29) is 5.04 Å². The summed E-state index contributed by atoms with van der Waals surface area (Å²) in [7, 11) is -1.98. The monoisotopic (exact) mass is 379 g/mol. The van der Waals surface area contributed by atoms with E-state index in [4.69, 9.17) is 14.4 Å². The molecule has 0 radical (unpaired) electrons. The topological polar surface area (TPSA) is 59.3 Å². The second kappa shape index (κ2) is 8.23. The Bertz CT molecular complexity index is 872. The van der Waals surface area contributed by atoms with Gasteiger partial charge in [-0.2, -0.15) is 5.26 Å². The number of benzene rings is 2. The Morgan fingerprint density at radius 2 is 1.70 bits per heavy atom. The van der Waals surface area contributed by atoms with Crippen molar-refractivity contribution in [3.63, 3.8) is 0 Å². The number of carbonyl (C=O) groups excluding carboxylic acids is 1. The lowest BCUT2D eigenvalue weighted by atomic mass is 10.2.